The summed E-state index contributed by atoms with van der Waals surface area (Å²) in [6.45, 7) is 12.9. The standard InChI is InChI=1S/C16H26N6/c1-11(2)20(6)12-9-21(10-12)14-8-7-13-17-18-15(16(3,4)5)22(13)19-14/h7-8,11-12H,9-10H2,1-6H3. The molecular formula is C16H26N6. The number of hydrogen-bond acceptors (Lipinski definition) is 5. The van der Waals surface area contributed by atoms with Crippen LogP contribution < -0.4 is 4.90 Å². The summed E-state index contributed by atoms with van der Waals surface area (Å²) >= 11 is 0. The lowest BCUT2D eigenvalue weighted by Gasteiger charge is -2.46. The van der Waals surface area contributed by atoms with Crippen molar-refractivity contribution in [3.8, 4) is 0 Å². The highest BCUT2D eigenvalue weighted by Gasteiger charge is 2.32. The van der Waals surface area contributed by atoms with E-state index in [4.69, 9.17) is 5.10 Å². The average molecular weight is 302 g/mol. The first-order valence-electron chi connectivity index (χ1n) is 7.97. The number of hydrogen-bond donors (Lipinski definition) is 0. The van der Waals surface area contributed by atoms with Crippen molar-refractivity contribution in [1.29, 1.82) is 0 Å². The first kappa shape index (κ1) is 15.2. The van der Waals surface area contributed by atoms with Gasteiger partial charge in [0.25, 0.3) is 0 Å². The Morgan fingerprint density at radius 3 is 2.45 bits per heavy atom. The molecule has 0 atom stereocenters. The second-order valence-corrected chi connectivity index (χ2v) is 7.55. The monoisotopic (exact) mass is 302 g/mol. The maximum absolute atomic E-state index is 4.76. The van der Waals surface area contributed by atoms with Crippen LogP contribution >= 0.6 is 0 Å². The normalized spacial score (nSPS) is 16.8. The van der Waals surface area contributed by atoms with Crippen LogP contribution in [0.1, 0.15) is 40.4 Å². The van der Waals surface area contributed by atoms with Gasteiger partial charge < -0.3 is 4.90 Å². The van der Waals surface area contributed by atoms with Gasteiger partial charge in [-0.05, 0) is 33.0 Å². The van der Waals surface area contributed by atoms with Crippen molar-refractivity contribution in [3.05, 3.63) is 18.0 Å². The van der Waals surface area contributed by atoms with Gasteiger partial charge in [0.05, 0.1) is 0 Å². The van der Waals surface area contributed by atoms with Crippen molar-refractivity contribution in [2.75, 3.05) is 25.0 Å². The van der Waals surface area contributed by atoms with Crippen molar-refractivity contribution >= 4 is 11.5 Å². The molecule has 1 aliphatic rings. The molecule has 3 heterocycles. The molecule has 1 aliphatic heterocycles. The Kier molecular flexibility index (Phi) is 3.59. The van der Waals surface area contributed by atoms with Gasteiger partial charge in [-0.1, -0.05) is 20.8 Å². The van der Waals surface area contributed by atoms with Crippen molar-refractivity contribution < 1.29 is 0 Å². The molecule has 0 unspecified atom stereocenters. The second kappa shape index (κ2) is 5.19. The number of likely N-dealkylation sites (N-methyl/N-ethyl adjacent to an activating group) is 1. The van der Waals surface area contributed by atoms with E-state index in [-0.39, 0.29) is 5.41 Å². The van der Waals surface area contributed by atoms with Crippen LogP contribution in [0.5, 0.6) is 0 Å². The molecule has 2 aromatic rings. The molecule has 0 spiro atoms. The lowest BCUT2D eigenvalue weighted by atomic mass is 9.96. The lowest BCUT2D eigenvalue weighted by Crippen LogP contribution is -2.60. The van der Waals surface area contributed by atoms with E-state index in [1.807, 2.05) is 16.6 Å². The predicted octanol–water partition coefficient (Wildman–Crippen LogP) is 1.95. The molecule has 3 rings (SSSR count). The molecule has 6 nitrogen and oxygen atoms in total. The summed E-state index contributed by atoms with van der Waals surface area (Å²) in [7, 11) is 2.20. The van der Waals surface area contributed by atoms with Gasteiger partial charge in [0.2, 0.25) is 0 Å². The topological polar surface area (TPSA) is 49.6 Å². The Balaban J connectivity index is 1.82. The van der Waals surface area contributed by atoms with Gasteiger partial charge in [0.1, 0.15) is 5.82 Å². The third-order valence-corrected chi connectivity index (χ3v) is 4.50. The van der Waals surface area contributed by atoms with Gasteiger partial charge in [-0.3, -0.25) is 4.90 Å². The first-order chi connectivity index (χ1) is 10.3. The van der Waals surface area contributed by atoms with Gasteiger partial charge in [0.15, 0.2) is 11.5 Å². The molecular weight excluding hydrogens is 276 g/mol. The first-order valence-corrected chi connectivity index (χ1v) is 7.97. The summed E-state index contributed by atoms with van der Waals surface area (Å²) in [5.74, 6) is 1.91. The van der Waals surface area contributed by atoms with Crippen molar-refractivity contribution in [2.24, 2.45) is 0 Å². The molecule has 0 bridgehead atoms. The SMILES string of the molecule is CC(C)N(C)C1CN(c2ccc3nnc(C(C)(C)C)n3n2)C1. The summed E-state index contributed by atoms with van der Waals surface area (Å²) in [6.07, 6.45) is 0. The van der Waals surface area contributed by atoms with E-state index in [0.717, 1.165) is 30.4 Å². The van der Waals surface area contributed by atoms with Gasteiger partial charge in [0, 0.05) is 30.6 Å². The summed E-state index contributed by atoms with van der Waals surface area (Å²) in [5.41, 5.74) is 0.741. The maximum atomic E-state index is 4.76. The Hall–Kier alpha value is -1.69. The third kappa shape index (κ3) is 2.56. The number of anilines is 1. The summed E-state index contributed by atoms with van der Waals surface area (Å²) in [6, 6.07) is 5.24. The molecule has 22 heavy (non-hydrogen) atoms. The molecule has 120 valence electrons. The Labute approximate surface area is 132 Å². The minimum absolute atomic E-state index is 0.0691. The fourth-order valence-corrected chi connectivity index (χ4v) is 2.74. The Morgan fingerprint density at radius 1 is 1.18 bits per heavy atom. The molecule has 0 saturated carbocycles. The number of rotatable bonds is 3. The quantitative estimate of drug-likeness (QED) is 0.867. The summed E-state index contributed by atoms with van der Waals surface area (Å²) < 4.78 is 1.88. The predicted molar refractivity (Wildman–Crippen MR) is 88.4 cm³/mol. The molecule has 0 aliphatic carbocycles. The van der Waals surface area contributed by atoms with Crippen LogP contribution in [0.25, 0.3) is 5.65 Å². The highest BCUT2D eigenvalue weighted by Crippen LogP contribution is 2.25. The van der Waals surface area contributed by atoms with Crippen LogP contribution in [0.4, 0.5) is 5.82 Å². The van der Waals surface area contributed by atoms with Crippen molar-refractivity contribution in [2.45, 2.75) is 52.1 Å². The van der Waals surface area contributed by atoms with Gasteiger partial charge in [-0.2, -0.15) is 4.52 Å². The molecule has 0 aromatic carbocycles. The van der Waals surface area contributed by atoms with E-state index in [0.29, 0.717) is 12.1 Å². The van der Waals surface area contributed by atoms with Crippen LogP contribution in [-0.4, -0.2) is 56.9 Å². The van der Waals surface area contributed by atoms with Crippen LogP contribution in [-0.2, 0) is 5.41 Å². The Morgan fingerprint density at radius 2 is 1.86 bits per heavy atom. The van der Waals surface area contributed by atoms with Crippen LogP contribution in [0.15, 0.2) is 12.1 Å². The van der Waals surface area contributed by atoms with Crippen LogP contribution in [0.3, 0.4) is 0 Å². The van der Waals surface area contributed by atoms with E-state index in [1.54, 1.807) is 0 Å². The number of nitrogens with zero attached hydrogens (tertiary/aromatic N) is 6. The molecule has 2 aromatic heterocycles. The van der Waals surface area contributed by atoms with E-state index < -0.39 is 0 Å². The molecule has 0 N–H and O–H groups in total. The maximum Gasteiger partial charge on any atom is 0.178 e. The van der Waals surface area contributed by atoms with Crippen molar-refractivity contribution in [3.63, 3.8) is 0 Å². The fraction of sp³-hybridized carbons (Fsp3) is 0.688. The smallest absolute Gasteiger partial charge is 0.178 e. The highest BCUT2D eigenvalue weighted by molar-refractivity contribution is 5.48. The summed E-state index contributed by atoms with van der Waals surface area (Å²) in [4.78, 5) is 4.74. The number of aromatic nitrogens is 4. The van der Waals surface area contributed by atoms with Gasteiger partial charge in [-0.25, -0.2) is 0 Å². The van der Waals surface area contributed by atoms with E-state index >= 15 is 0 Å². The van der Waals surface area contributed by atoms with Gasteiger partial charge >= 0.3 is 0 Å². The third-order valence-electron chi connectivity index (χ3n) is 4.50. The molecule has 0 amide bonds. The lowest BCUT2D eigenvalue weighted by molar-refractivity contribution is 0.165. The zero-order valence-corrected chi connectivity index (χ0v) is 14.4. The minimum Gasteiger partial charge on any atom is -0.352 e. The van der Waals surface area contributed by atoms with Gasteiger partial charge in [-0.15, -0.1) is 15.3 Å². The highest BCUT2D eigenvalue weighted by atomic mass is 15.4. The van der Waals surface area contributed by atoms with E-state index in [9.17, 15) is 0 Å². The van der Waals surface area contributed by atoms with Crippen LogP contribution in [0.2, 0.25) is 0 Å². The summed E-state index contributed by atoms with van der Waals surface area (Å²) in [5, 5.41) is 13.3. The molecule has 6 heteroatoms. The van der Waals surface area contributed by atoms with Crippen LogP contribution in [0, 0.1) is 0 Å². The second-order valence-electron chi connectivity index (χ2n) is 7.55. The average Bonchev–Trinajstić information content (AvgIpc) is 2.79. The van der Waals surface area contributed by atoms with E-state index in [2.05, 4.69) is 61.7 Å². The fourth-order valence-electron chi connectivity index (χ4n) is 2.74. The molecule has 0 radical (unpaired) electrons. The number of fused-ring (bicyclic) bond motifs is 1. The zero-order chi connectivity index (χ0) is 16.1. The van der Waals surface area contributed by atoms with Crippen molar-refractivity contribution in [1.82, 2.24) is 24.7 Å². The molecule has 1 fully saturated rings. The minimum atomic E-state index is -0.0691. The van der Waals surface area contributed by atoms with E-state index in [1.165, 1.54) is 0 Å². The Bertz CT molecular complexity index is 663. The molecule has 1 saturated heterocycles. The largest absolute Gasteiger partial charge is 0.352 e. The zero-order valence-electron chi connectivity index (χ0n) is 14.4.